The van der Waals surface area contributed by atoms with E-state index in [9.17, 15) is 72.7 Å². The van der Waals surface area contributed by atoms with Gasteiger partial charge in [0.1, 0.15) is 48.7 Å². The van der Waals surface area contributed by atoms with Crippen molar-refractivity contribution in [2.45, 2.75) is 28.5 Å². The zero-order chi connectivity index (χ0) is 62.8. The second-order valence-corrected chi connectivity index (χ2v) is 22.2. The zero-order valence-electron chi connectivity index (χ0n) is 49.0. The summed E-state index contributed by atoms with van der Waals surface area (Å²) in [6, 6.07) is 30.2. The molecule has 0 bridgehead atoms. The maximum atomic E-state index is 13.7. The van der Waals surface area contributed by atoms with Gasteiger partial charge in [0.15, 0.2) is 0 Å². The Kier molecular flexibility index (Phi) is 37.2. The van der Waals surface area contributed by atoms with Gasteiger partial charge in [-0.3, -0.25) is 24.2 Å². The average molecular weight is 1430 g/mol. The third-order valence-electron chi connectivity index (χ3n) is 11.7. The number of rotatable bonds is 19. The topological polar surface area (TPSA) is 463 Å². The van der Waals surface area contributed by atoms with Gasteiger partial charge in [-0.1, -0.05) is 39.9 Å². The fraction of sp³-hybridized carbons (Fsp3) is 0.0392. The molecule has 41 heteroatoms. The molecule has 8 rings (SSSR count). The Labute approximate surface area is 666 Å². The normalized spacial score (nSPS) is 11.1. The van der Waals surface area contributed by atoms with Crippen molar-refractivity contribution in [2.24, 2.45) is 0 Å². The number of nitrogens with one attached hydrogen (secondary N) is 6. The van der Waals surface area contributed by atoms with Crippen LogP contribution in [0.2, 0.25) is 0 Å². The number of benzene rings is 8. The number of hydrogen-bond donors (Lipinski definition) is 6. The number of amides is 6. The van der Waals surface area contributed by atoms with Crippen LogP contribution in [0.4, 0.5) is 38.9 Å². The van der Waals surface area contributed by atoms with Gasteiger partial charge in [0.25, 0.3) is 23.6 Å². The number of carbonyl (C=O) groups is 5. The van der Waals surface area contributed by atoms with E-state index in [2.05, 4.69) is 51.5 Å². The van der Waals surface area contributed by atoms with Crippen molar-refractivity contribution >= 4 is 151 Å². The van der Waals surface area contributed by atoms with Crippen LogP contribution in [0.5, 0.6) is 11.5 Å². The Hall–Kier alpha value is -3.08. The molecule has 0 heterocycles. The molecule has 29 nitrogen and oxygen atoms in total. The van der Waals surface area contributed by atoms with E-state index in [0.29, 0.717) is 29.2 Å². The summed E-state index contributed by atoms with van der Waals surface area (Å²) in [7, 11) is -14.2. The van der Waals surface area contributed by atoms with Crippen LogP contribution in [0, 0.1) is 19.9 Å². The smallest absolute Gasteiger partial charge is 0.744 e. The molecule has 0 fully saturated rings. The molecule has 8 aromatic rings. The van der Waals surface area contributed by atoms with Gasteiger partial charge in [-0.05, 0) is 134 Å². The zero-order valence-corrected chi connectivity index (χ0v) is 65.9. The molecule has 6 N–H and O–H groups in total. The van der Waals surface area contributed by atoms with Crippen molar-refractivity contribution in [2.75, 3.05) is 31.9 Å². The molecule has 2 atom stereocenters. The van der Waals surface area contributed by atoms with Crippen LogP contribution in [0.15, 0.2) is 148 Å². The van der Waals surface area contributed by atoms with E-state index in [1.165, 1.54) is 103 Å². The molecule has 0 aliphatic carbocycles. The van der Waals surface area contributed by atoms with E-state index >= 15 is 0 Å². The molecule has 0 aliphatic rings. The minimum Gasteiger partial charge on any atom is -0.744 e. The van der Waals surface area contributed by atoms with Crippen molar-refractivity contribution in [3.63, 3.8) is 0 Å². The van der Waals surface area contributed by atoms with Crippen molar-refractivity contribution < 1.29 is 280 Å². The summed E-state index contributed by atoms with van der Waals surface area (Å²) >= 11 is -5.80. The molecule has 2 unspecified atom stereocenters. The summed E-state index contributed by atoms with van der Waals surface area (Å²) in [4.78, 5) is 65.5. The van der Waals surface area contributed by atoms with E-state index in [-0.39, 0.29) is 256 Å². The van der Waals surface area contributed by atoms with Gasteiger partial charge in [-0.2, -0.15) is 22.5 Å². The molecule has 448 valence electrons. The molecular formula is C51H34N6Na6O23S6. The van der Waals surface area contributed by atoms with Crippen molar-refractivity contribution in [1.29, 1.82) is 0 Å². The SMILES string of the molecule is Cc1ccc(C(=O)Nc2ccc(OS(=O)[O-])c3c[c-]cc(SOO[O-])c23)cc1NC(=O)c1cccc(NC(=O)Nc2cccc(C(=O)Nc3cc(C(=O)Nc4ccc(OS(=O)[O-])c5cc(S(=O)(=O)[O-])cc(S(=O)(=O)[O-])c45)ccc3C)c2)c1.O=S(=O)=O.[Na+].[Na+].[Na+].[Na+].[Na+].[Na+]. The molecule has 6 amide bonds. The van der Waals surface area contributed by atoms with E-state index in [0.717, 1.165) is 12.1 Å². The number of anilines is 6. The maximum absolute atomic E-state index is 13.7. The Morgan fingerprint density at radius 1 is 0.489 bits per heavy atom. The Bertz CT molecular complexity index is 4500. The number of carbonyl (C=O) groups excluding carboxylic acids is 5. The van der Waals surface area contributed by atoms with Gasteiger partial charge < -0.3 is 63.7 Å². The first-order valence-corrected chi connectivity index (χ1v) is 29.8. The van der Waals surface area contributed by atoms with Gasteiger partial charge in [0.05, 0.1) is 21.2 Å². The Balaban J connectivity index is 0.00000411. The molecule has 0 spiro atoms. The van der Waals surface area contributed by atoms with Crippen LogP contribution in [0.3, 0.4) is 0 Å². The number of hydrogen-bond acceptors (Lipinski definition) is 24. The number of urea groups is 1. The summed E-state index contributed by atoms with van der Waals surface area (Å²) < 4.78 is 158. The van der Waals surface area contributed by atoms with Crippen molar-refractivity contribution in [3.05, 3.63) is 173 Å². The second-order valence-electron chi connectivity index (χ2n) is 17.2. The van der Waals surface area contributed by atoms with Gasteiger partial charge in [-0.25, -0.2) is 30.0 Å². The molecule has 0 aromatic heterocycles. The first kappa shape index (κ1) is 86.9. The summed E-state index contributed by atoms with van der Waals surface area (Å²) in [5.74, 6) is -3.77. The molecule has 8 aromatic carbocycles. The maximum Gasteiger partial charge on any atom is 1.00 e. The third-order valence-corrected chi connectivity index (χ3v) is 14.6. The second kappa shape index (κ2) is 39.4. The van der Waals surface area contributed by atoms with Gasteiger partial charge in [0, 0.05) is 61.5 Å². The fourth-order valence-corrected chi connectivity index (χ4v) is 10.4. The molecule has 0 saturated heterocycles. The van der Waals surface area contributed by atoms with Crippen LogP contribution in [-0.2, 0) is 62.9 Å². The van der Waals surface area contributed by atoms with Crippen LogP contribution < -0.4 is 223 Å². The minimum absolute atomic E-state index is 0. The summed E-state index contributed by atoms with van der Waals surface area (Å²) in [6.45, 7) is 3.27. The number of fused-ring (bicyclic) bond motifs is 2. The van der Waals surface area contributed by atoms with Crippen LogP contribution >= 0.6 is 12.0 Å². The molecule has 92 heavy (non-hydrogen) atoms. The summed E-state index contributed by atoms with van der Waals surface area (Å²) in [5.41, 5.74) is 1.43. The predicted molar refractivity (Wildman–Crippen MR) is 299 cm³/mol. The quantitative estimate of drug-likeness (QED) is 0.00833. The first-order chi connectivity index (χ1) is 40.6. The molecule has 0 saturated carbocycles. The van der Waals surface area contributed by atoms with Gasteiger partial charge >= 0.3 is 194 Å². The largest absolute Gasteiger partial charge is 1.00 e. The van der Waals surface area contributed by atoms with E-state index in [1.54, 1.807) is 19.9 Å². The molecule has 0 radical (unpaired) electrons. The van der Waals surface area contributed by atoms with Crippen LogP contribution in [-0.4, -0.2) is 85.8 Å². The summed E-state index contributed by atoms with van der Waals surface area (Å²) in [6.07, 6.45) is 0. The Morgan fingerprint density at radius 3 is 1.32 bits per heavy atom. The monoisotopic (exact) mass is 1430 g/mol. The van der Waals surface area contributed by atoms with Crippen LogP contribution in [0.25, 0.3) is 21.5 Å². The van der Waals surface area contributed by atoms with Crippen molar-refractivity contribution in [3.8, 4) is 11.5 Å². The van der Waals surface area contributed by atoms with Gasteiger partial charge in [0.2, 0.25) is 0 Å². The molecule has 0 aliphatic heterocycles. The van der Waals surface area contributed by atoms with Crippen LogP contribution in [0.1, 0.15) is 52.6 Å². The summed E-state index contributed by atoms with van der Waals surface area (Å²) in [5, 5.41) is 28.9. The molecular weight excluding hydrogens is 1390 g/mol. The first-order valence-electron chi connectivity index (χ1n) is 23.3. The third kappa shape index (κ3) is 24.2. The predicted octanol–water partition coefficient (Wildman–Crippen LogP) is -12.5. The van der Waals surface area contributed by atoms with E-state index < -0.39 is 115 Å². The minimum atomic E-state index is -5.62. The van der Waals surface area contributed by atoms with E-state index in [1.807, 2.05) is 0 Å². The van der Waals surface area contributed by atoms with E-state index in [4.69, 9.17) is 16.8 Å². The average Bonchev–Trinajstić information content (AvgIpc) is 0.806. The Morgan fingerprint density at radius 2 is 0.902 bits per heavy atom. The standard InChI is InChI=1S/C51H39N6O20S5.6Na.O3S/c1-26-12-14-30(49(60)54-37-16-18-41(74-79(64)65)35-10-5-11-43(45(35)37)78-77-76-63)22-39(26)56-47(58)28-6-3-8-32(20-28)52-51(62)53-33-9-4-7-29(21-33)48(59)57-40-23-31(15-13-27(40)2)50(61)55-38-17-19-42(75-80(66)67)36-24-34(81(68,69)70)25-44(46(36)38)82(71,72)73;;;;;;;1-4(2)3/h3-4,6-25,63H,1-2H3,(H,54,60)(H,55,61)(H,56,58)(H,57,59)(H,64,65)(H,66,67)(H2,52,53,62)(H,68,69,70)(H,71,72,73);;;;;;;/q-1;6*+1;/p-5. The number of aryl methyl sites for hydroxylation is 2. The van der Waals surface area contributed by atoms with Gasteiger partial charge in [-0.15, -0.1) is 12.6 Å². The fourth-order valence-electron chi connectivity index (χ4n) is 7.98. The van der Waals surface area contributed by atoms with Crippen molar-refractivity contribution in [1.82, 2.24) is 0 Å².